The van der Waals surface area contributed by atoms with E-state index >= 15 is 0 Å². The summed E-state index contributed by atoms with van der Waals surface area (Å²) in [7, 11) is 0. The number of oxazole rings is 1. The van der Waals surface area contributed by atoms with E-state index in [1.807, 2.05) is 23.1 Å². The van der Waals surface area contributed by atoms with E-state index in [1.54, 1.807) is 6.07 Å². The van der Waals surface area contributed by atoms with E-state index in [4.69, 9.17) is 10.2 Å². The highest BCUT2D eigenvalue weighted by molar-refractivity contribution is 5.92. The molecule has 0 saturated carbocycles. The van der Waals surface area contributed by atoms with Gasteiger partial charge in [-0.3, -0.25) is 4.79 Å². The Morgan fingerprint density at radius 3 is 2.54 bits per heavy atom. The molecule has 0 bridgehead atoms. The van der Waals surface area contributed by atoms with E-state index in [2.05, 4.69) is 9.88 Å². The number of nitrogens with zero attached hydrogens (tertiary/aromatic N) is 3. The van der Waals surface area contributed by atoms with Crippen molar-refractivity contribution in [3.63, 3.8) is 0 Å². The van der Waals surface area contributed by atoms with Gasteiger partial charge < -0.3 is 20.0 Å². The molecule has 2 N–H and O–H groups in total. The van der Waals surface area contributed by atoms with Gasteiger partial charge in [-0.05, 0) is 50.9 Å². The van der Waals surface area contributed by atoms with Crippen LogP contribution in [0.1, 0.15) is 42.6 Å². The SMILES string of the molecule is Nc1ccccc1-c1nc(C(=O)N2CCC(N3CCCCC3)CC2)co1. The van der Waals surface area contributed by atoms with Crippen LogP contribution in [0.3, 0.4) is 0 Å². The average molecular weight is 354 g/mol. The van der Waals surface area contributed by atoms with Crippen molar-refractivity contribution < 1.29 is 9.21 Å². The Balaban J connectivity index is 1.39. The summed E-state index contributed by atoms with van der Waals surface area (Å²) in [6.07, 6.45) is 7.51. The number of carbonyl (C=O) groups is 1. The Morgan fingerprint density at radius 1 is 1.08 bits per heavy atom. The maximum absolute atomic E-state index is 12.8. The third-order valence-corrected chi connectivity index (χ3v) is 5.57. The Morgan fingerprint density at radius 2 is 1.81 bits per heavy atom. The fourth-order valence-corrected chi connectivity index (χ4v) is 4.07. The van der Waals surface area contributed by atoms with E-state index in [0.29, 0.717) is 23.3 Å². The highest BCUT2D eigenvalue weighted by Gasteiger charge is 2.29. The van der Waals surface area contributed by atoms with Crippen LogP contribution in [0, 0.1) is 0 Å². The number of aromatic nitrogens is 1. The first-order valence-electron chi connectivity index (χ1n) is 9.56. The van der Waals surface area contributed by atoms with E-state index in [9.17, 15) is 4.79 Å². The Kier molecular flexibility index (Phi) is 4.93. The molecule has 2 aliphatic rings. The van der Waals surface area contributed by atoms with Crippen molar-refractivity contribution in [1.82, 2.24) is 14.8 Å². The summed E-state index contributed by atoms with van der Waals surface area (Å²) in [5.74, 6) is 0.348. The van der Waals surface area contributed by atoms with E-state index in [1.165, 1.54) is 38.6 Å². The summed E-state index contributed by atoms with van der Waals surface area (Å²) in [6, 6.07) is 8.01. The van der Waals surface area contributed by atoms with Gasteiger partial charge in [0.2, 0.25) is 5.89 Å². The molecule has 2 fully saturated rings. The molecule has 3 heterocycles. The van der Waals surface area contributed by atoms with Gasteiger partial charge in [-0.25, -0.2) is 4.98 Å². The zero-order chi connectivity index (χ0) is 17.9. The van der Waals surface area contributed by atoms with E-state index in [0.717, 1.165) is 31.5 Å². The number of hydrogen-bond acceptors (Lipinski definition) is 5. The second-order valence-corrected chi connectivity index (χ2v) is 7.25. The first-order valence-corrected chi connectivity index (χ1v) is 9.56. The minimum atomic E-state index is -0.0494. The molecule has 4 rings (SSSR count). The van der Waals surface area contributed by atoms with E-state index < -0.39 is 0 Å². The number of carbonyl (C=O) groups excluding carboxylic acids is 1. The summed E-state index contributed by atoms with van der Waals surface area (Å²) < 4.78 is 5.51. The second-order valence-electron chi connectivity index (χ2n) is 7.25. The summed E-state index contributed by atoms with van der Waals surface area (Å²) in [4.78, 5) is 21.7. The smallest absolute Gasteiger partial charge is 0.275 e. The predicted octanol–water partition coefficient (Wildman–Crippen LogP) is 3.01. The van der Waals surface area contributed by atoms with Gasteiger partial charge in [0.25, 0.3) is 5.91 Å². The summed E-state index contributed by atoms with van der Waals surface area (Å²) in [5.41, 5.74) is 7.64. The van der Waals surface area contributed by atoms with Crippen molar-refractivity contribution in [2.75, 3.05) is 31.9 Å². The lowest BCUT2D eigenvalue weighted by Gasteiger charge is -2.40. The molecule has 0 aliphatic carbocycles. The third kappa shape index (κ3) is 3.46. The number of para-hydroxylation sites is 1. The first kappa shape index (κ1) is 17.1. The molecular formula is C20H26N4O2. The molecule has 0 radical (unpaired) electrons. The molecule has 0 spiro atoms. The van der Waals surface area contributed by atoms with Gasteiger partial charge >= 0.3 is 0 Å². The Bertz CT molecular complexity index is 759. The quantitative estimate of drug-likeness (QED) is 0.858. The number of rotatable bonds is 3. The fourth-order valence-electron chi connectivity index (χ4n) is 4.07. The molecule has 138 valence electrons. The van der Waals surface area contributed by atoms with Crippen LogP contribution in [0.4, 0.5) is 5.69 Å². The number of benzene rings is 1. The average Bonchev–Trinajstić information content (AvgIpc) is 3.18. The number of likely N-dealkylation sites (tertiary alicyclic amines) is 2. The second kappa shape index (κ2) is 7.50. The number of nitrogen functional groups attached to an aromatic ring is 1. The van der Waals surface area contributed by atoms with E-state index in [-0.39, 0.29) is 5.91 Å². The van der Waals surface area contributed by atoms with Crippen molar-refractivity contribution in [3.8, 4) is 11.5 Å². The minimum absolute atomic E-state index is 0.0494. The topological polar surface area (TPSA) is 75.6 Å². The molecule has 26 heavy (non-hydrogen) atoms. The van der Waals surface area contributed by atoms with Gasteiger partial charge in [0.05, 0.1) is 5.56 Å². The molecule has 2 saturated heterocycles. The monoisotopic (exact) mass is 354 g/mol. The number of nitrogens with two attached hydrogens (primary N) is 1. The highest BCUT2D eigenvalue weighted by Crippen LogP contribution is 2.26. The molecule has 1 amide bonds. The molecule has 6 heteroatoms. The summed E-state index contributed by atoms with van der Waals surface area (Å²) >= 11 is 0. The zero-order valence-electron chi connectivity index (χ0n) is 15.1. The number of anilines is 1. The minimum Gasteiger partial charge on any atom is -0.444 e. The number of hydrogen-bond donors (Lipinski definition) is 1. The predicted molar refractivity (Wildman–Crippen MR) is 101 cm³/mol. The van der Waals surface area contributed by atoms with Gasteiger partial charge in [0.1, 0.15) is 6.26 Å². The van der Waals surface area contributed by atoms with Crippen molar-refractivity contribution in [1.29, 1.82) is 0 Å². The Hall–Kier alpha value is -2.34. The molecule has 0 unspecified atom stereocenters. The zero-order valence-corrected chi connectivity index (χ0v) is 15.1. The molecule has 1 aromatic carbocycles. The standard InChI is InChI=1S/C20H26N4O2/c21-17-7-3-2-6-16(17)19-22-18(14-26-19)20(25)24-12-8-15(9-13-24)23-10-4-1-5-11-23/h2-3,6-7,14-15H,1,4-5,8-13,21H2. The van der Waals surface area contributed by atoms with Gasteiger partial charge in [-0.1, -0.05) is 18.6 Å². The largest absolute Gasteiger partial charge is 0.444 e. The fraction of sp³-hybridized carbons (Fsp3) is 0.500. The molecule has 0 atom stereocenters. The lowest BCUT2D eigenvalue weighted by atomic mass is 10.00. The van der Waals surface area contributed by atoms with Crippen LogP contribution >= 0.6 is 0 Å². The van der Waals surface area contributed by atoms with Crippen molar-refractivity contribution in [3.05, 3.63) is 36.2 Å². The highest BCUT2D eigenvalue weighted by atomic mass is 16.3. The molecule has 2 aromatic rings. The van der Waals surface area contributed by atoms with Gasteiger partial charge in [0.15, 0.2) is 5.69 Å². The van der Waals surface area contributed by atoms with Gasteiger partial charge in [0, 0.05) is 24.8 Å². The van der Waals surface area contributed by atoms with Crippen LogP contribution in [0.5, 0.6) is 0 Å². The van der Waals surface area contributed by atoms with Crippen LogP contribution in [0.15, 0.2) is 34.9 Å². The first-order chi connectivity index (χ1) is 12.7. The summed E-state index contributed by atoms with van der Waals surface area (Å²) in [6.45, 7) is 4.00. The maximum Gasteiger partial charge on any atom is 0.275 e. The lowest BCUT2D eigenvalue weighted by Crippen LogP contribution is -2.48. The Labute approximate surface area is 154 Å². The van der Waals surface area contributed by atoms with Crippen LogP contribution in [0.2, 0.25) is 0 Å². The van der Waals surface area contributed by atoms with Crippen LogP contribution in [-0.4, -0.2) is 52.9 Å². The van der Waals surface area contributed by atoms with Crippen molar-refractivity contribution >= 4 is 11.6 Å². The van der Waals surface area contributed by atoms with Crippen LogP contribution < -0.4 is 5.73 Å². The van der Waals surface area contributed by atoms with Gasteiger partial charge in [-0.2, -0.15) is 0 Å². The van der Waals surface area contributed by atoms with Crippen molar-refractivity contribution in [2.45, 2.75) is 38.1 Å². The maximum atomic E-state index is 12.8. The van der Waals surface area contributed by atoms with Gasteiger partial charge in [-0.15, -0.1) is 0 Å². The number of amides is 1. The van der Waals surface area contributed by atoms with Crippen molar-refractivity contribution in [2.24, 2.45) is 0 Å². The number of piperidine rings is 2. The normalized spacial score (nSPS) is 19.6. The van der Waals surface area contributed by atoms with Crippen LogP contribution in [-0.2, 0) is 0 Å². The molecule has 2 aliphatic heterocycles. The summed E-state index contributed by atoms with van der Waals surface area (Å²) in [5, 5.41) is 0. The molecule has 6 nitrogen and oxygen atoms in total. The molecular weight excluding hydrogens is 328 g/mol. The lowest BCUT2D eigenvalue weighted by molar-refractivity contribution is 0.0585. The van der Waals surface area contributed by atoms with Crippen LogP contribution in [0.25, 0.3) is 11.5 Å². The molecule has 1 aromatic heterocycles. The third-order valence-electron chi connectivity index (χ3n) is 5.57.